The molecule has 0 amide bonds. The molecule has 0 unspecified atom stereocenters. The number of pyridine rings is 2. The number of aryl methyl sites for hydroxylation is 1. The molecule has 4 rings (SSSR count). The summed E-state index contributed by atoms with van der Waals surface area (Å²) in [5.41, 5.74) is 3.66. The first-order valence-corrected chi connectivity index (χ1v) is 14.2. The van der Waals surface area contributed by atoms with Crippen molar-refractivity contribution in [3.8, 4) is 17.0 Å². The molecule has 0 bridgehead atoms. The van der Waals surface area contributed by atoms with Crippen LogP contribution < -0.4 is 8.45 Å². The third-order valence-electron chi connectivity index (χ3n) is 5.32. The number of halogens is 2. The van der Waals surface area contributed by atoms with Gasteiger partial charge in [0.15, 0.2) is 0 Å². The van der Waals surface area contributed by atoms with Crippen molar-refractivity contribution in [2.75, 3.05) is 16.2 Å². The van der Waals surface area contributed by atoms with Crippen molar-refractivity contribution in [1.82, 2.24) is 14.4 Å². The maximum atomic E-state index is 12.8. The summed E-state index contributed by atoms with van der Waals surface area (Å²) in [6.07, 6.45) is 4.81. The Bertz CT molecular complexity index is 1610. The first kappa shape index (κ1) is 25.5. The van der Waals surface area contributed by atoms with Crippen LogP contribution in [0.15, 0.2) is 60.9 Å². The average Bonchev–Trinajstić information content (AvgIpc) is 3.07. The van der Waals surface area contributed by atoms with E-state index in [4.69, 9.17) is 0 Å². The average molecular weight is 537 g/mol. The van der Waals surface area contributed by atoms with Crippen LogP contribution in [-0.2, 0) is 26.5 Å². The Hall–Kier alpha value is -3.58. The van der Waals surface area contributed by atoms with E-state index < -0.39 is 26.7 Å². The molecule has 36 heavy (non-hydrogen) atoms. The molecule has 3 aromatic heterocycles. The van der Waals surface area contributed by atoms with Crippen molar-refractivity contribution >= 4 is 31.4 Å². The van der Waals surface area contributed by atoms with E-state index in [-0.39, 0.29) is 17.9 Å². The third-order valence-corrected chi connectivity index (χ3v) is 8.57. The molecule has 1 aromatic carbocycles. The van der Waals surface area contributed by atoms with E-state index in [2.05, 4.69) is 14.7 Å². The van der Waals surface area contributed by atoms with Gasteiger partial charge >= 0.3 is 6.61 Å². The molecule has 4 aromatic rings. The van der Waals surface area contributed by atoms with Gasteiger partial charge in [-0.3, -0.25) is 4.98 Å². The van der Waals surface area contributed by atoms with Gasteiger partial charge in [-0.2, -0.15) is 12.5 Å². The predicted octanol–water partition coefficient (Wildman–Crippen LogP) is 3.62. The van der Waals surface area contributed by atoms with E-state index >= 15 is 0 Å². The number of rotatable bonds is 8. The van der Waals surface area contributed by atoms with Gasteiger partial charge in [-0.15, -0.1) is 0 Å². The van der Waals surface area contributed by atoms with Crippen LogP contribution in [0.5, 0.6) is 5.75 Å². The number of ether oxygens (including phenoxy) is 1. The second-order valence-electron chi connectivity index (χ2n) is 8.08. The van der Waals surface area contributed by atoms with Crippen molar-refractivity contribution in [1.29, 1.82) is 0 Å². The Kier molecular flexibility index (Phi) is 6.71. The number of hydrogen-bond donors (Lipinski definition) is 0. The molecule has 0 atom stereocenters. The lowest BCUT2D eigenvalue weighted by molar-refractivity contribution is -0.0504. The van der Waals surface area contributed by atoms with Crippen LogP contribution in [0.3, 0.4) is 0 Å². The molecule has 0 fully saturated rings. The molecule has 0 aliphatic heterocycles. The van der Waals surface area contributed by atoms with Crippen molar-refractivity contribution < 1.29 is 30.4 Å². The summed E-state index contributed by atoms with van der Waals surface area (Å²) in [6.45, 7) is -1.13. The van der Waals surface area contributed by atoms with Crippen LogP contribution in [0.2, 0.25) is 0 Å². The SMILES string of the molecule is Cc1nc2ccc(-c3ccc(N(S(C)(=O)=O)S(C)(=O)=O)cn3)cn2c1Cc1ccccc1OC(F)F. The monoisotopic (exact) mass is 536 g/mol. The molecule has 9 nitrogen and oxygen atoms in total. The van der Waals surface area contributed by atoms with Gasteiger partial charge in [0.25, 0.3) is 0 Å². The summed E-state index contributed by atoms with van der Waals surface area (Å²) in [4.78, 5) is 8.80. The van der Waals surface area contributed by atoms with Crippen LogP contribution >= 0.6 is 0 Å². The number of sulfonamides is 2. The topological polar surface area (TPSA) is 111 Å². The van der Waals surface area contributed by atoms with Crippen molar-refractivity contribution in [2.45, 2.75) is 20.0 Å². The second-order valence-corrected chi connectivity index (χ2v) is 12.0. The summed E-state index contributed by atoms with van der Waals surface area (Å²) in [5.74, 6) is 0.0802. The van der Waals surface area contributed by atoms with Crippen LogP contribution in [0.4, 0.5) is 14.5 Å². The van der Waals surface area contributed by atoms with Crippen LogP contribution in [-0.4, -0.2) is 50.3 Å². The summed E-state index contributed by atoms with van der Waals surface area (Å²) in [7, 11) is -8.18. The highest BCUT2D eigenvalue weighted by Crippen LogP contribution is 2.28. The van der Waals surface area contributed by atoms with Gasteiger partial charge in [-0.05, 0) is 37.3 Å². The van der Waals surface area contributed by atoms with Gasteiger partial charge in [-0.25, -0.2) is 21.8 Å². The van der Waals surface area contributed by atoms with Crippen molar-refractivity contribution in [3.05, 3.63) is 77.9 Å². The molecule has 0 aliphatic rings. The molecule has 0 spiro atoms. The predicted molar refractivity (Wildman–Crippen MR) is 131 cm³/mol. The minimum absolute atomic E-state index is 0.0802. The Labute approximate surface area is 207 Å². The molecule has 0 aliphatic carbocycles. The maximum Gasteiger partial charge on any atom is 0.387 e. The van der Waals surface area contributed by atoms with Crippen LogP contribution in [0, 0.1) is 6.92 Å². The third kappa shape index (κ3) is 5.31. The second kappa shape index (κ2) is 9.47. The molecule has 0 radical (unpaired) electrons. The standard InChI is InChI=1S/C23H22F2N4O5S2/c1-15-20(12-16-6-4-5-7-21(16)34-23(24)25)28-14-17(8-11-22(28)27-15)19-10-9-18(13-26-19)29(35(2,30)31)36(3,32)33/h4-11,13-14,23H,12H2,1-3H3. The van der Waals surface area contributed by atoms with Crippen LogP contribution in [0.25, 0.3) is 16.9 Å². The number of hydrogen-bond acceptors (Lipinski definition) is 7. The van der Waals surface area contributed by atoms with Gasteiger partial charge in [0.2, 0.25) is 20.0 Å². The molecular formula is C23H22F2N4O5S2. The van der Waals surface area contributed by atoms with E-state index in [1.807, 2.05) is 11.3 Å². The summed E-state index contributed by atoms with van der Waals surface area (Å²) < 4.78 is 80.5. The maximum absolute atomic E-state index is 12.8. The largest absolute Gasteiger partial charge is 0.435 e. The lowest BCUT2D eigenvalue weighted by atomic mass is 10.1. The molecule has 0 N–H and O–H groups in total. The number of aromatic nitrogens is 3. The number of fused-ring (bicyclic) bond motifs is 1. The number of alkyl halides is 2. The number of benzene rings is 1. The highest BCUT2D eigenvalue weighted by Gasteiger charge is 2.27. The quantitative estimate of drug-likeness (QED) is 0.338. The number of imidazole rings is 1. The Morgan fingerprint density at radius 2 is 1.69 bits per heavy atom. The Balaban J connectivity index is 1.72. The van der Waals surface area contributed by atoms with E-state index in [1.54, 1.807) is 36.5 Å². The molecule has 3 heterocycles. The zero-order valence-electron chi connectivity index (χ0n) is 19.5. The Morgan fingerprint density at radius 3 is 2.31 bits per heavy atom. The molecular weight excluding hydrogens is 514 g/mol. The van der Waals surface area contributed by atoms with Crippen molar-refractivity contribution in [2.24, 2.45) is 0 Å². The van der Waals surface area contributed by atoms with E-state index in [9.17, 15) is 25.6 Å². The first-order chi connectivity index (χ1) is 16.8. The molecule has 190 valence electrons. The number of nitrogens with zero attached hydrogens (tertiary/aromatic N) is 4. The van der Waals surface area contributed by atoms with E-state index in [1.165, 1.54) is 24.4 Å². The number of anilines is 1. The fraction of sp³-hybridized carbons (Fsp3) is 0.217. The number of para-hydroxylation sites is 1. The molecule has 0 saturated heterocycles. The fourth-order valence-electron chi connectivity index (χ4n) is 3.91. The minimum atomic E-state index is -4.09. The van der Waals surface area contributed by atoms with Gasteiger partial charge in [0.05, 0.1) is 35.8 Å². The lowest BCUT2D eigenvalue weighted by Gasteiger charge is -2.19. The highest BCUT2D eigenvalue weighted by atomic mass is 32.3. The zero-order valence-corrected chi connectivity index (χ0v) is 21.1. The van der Waals surface area contributed by atoms with Gasteiger partial charge in [-0.1, -0.05) is 18.2 Å². The van der Waals surface area contributed by atoms with Gasteiger partial charge in [0.1, 0.15) is 11.4 Å². The summed E-state index contributed by atoms with van der Waals surface area (Å²) in [6, 6.07) is 12.9. The minimum Gasteiger partial charge on any atom is -0.435 e. The fourth-order valence-corrected chi connectivity index (χ4v) is 6.86. The van der Waals surface area contributed by atoms with Gasteiger partial charge in [0, 0.05) is 29.4 Å². The van der Waals surface area contributed by atoms with Gasteiger partial charge < -0.3 is 9.14 Å². The summed E-state index contributed by atoms with van der Waals surface area (Å²) in [5, 5.41) is 0. The first-order valence-electron chi connectivity index (χ1n) is 10.5. The summed E-state index contributed by atoms with van der Waals surface area (Å²) >= 11 is 0. The van der Waals surface area contributed by atoms with E-state index in [0.29, 0.717) is 31.9 Å². The Morgan fingerprint density at radius 1 is 1.00 bits per heavy atom. The molecule has 0 saturated carbocycles. The zero-order chi connectivity index (χ0) is 26.3. The van der Waals surface area contributed by atoms with Crippen molar-refractivity contribution in [3.63, 3.8) is 0 Å². The smallest absolute Gasteiger partial charge is 0.387 e. The van der Waals surface area contributed by atoms with Crippen LogP contribution in [0.1, 0.15) is 17.0 Å². The normalized spacial score (nSPS) is 12.3. The van der Waals surface area contributed by atoms with E-state index in [0.717, 1.165) is 18.2 Å². The highest BCUT2D eigenvalue weighted by molar-refractivity contribution is 8.09. The molecule has 13 heteroatoms. The lowest BCUT2D eigenvalue weighted by Crippen LogP contribution is -2.35.